The summed E-state index contributed by atoms with van der Waals surface area (Å²) < 4.78 is 26.2. The van der Waals surface area contributed by atoms with Crippen molar-refractivity contribution >= 4 is 10.0 Å². The highest BCUT2D eigenvalue weighted by atomic mass is 32.2. The molecule has 1 heterocycles. The SMILES string of the molecule is CCCC(O)CCNS(=O)(=O)c1ccc(C)nc1. The van der Waals surface area contributed by atoms with Gasteiger partial charge < -0.3 is 5.11 Å². The summed E-state index contributed by atoms with van der Waals surface area (Å²) in [5, 5.41) is 9.51. The van der Waals surface area contributed by atoms with Gasteiger partial charge in [-0.2, -0.15) is 0 Å². The number of nitrogens with zero attached hydrogens (tertiary/aromatic N) is 1. The molecule has 1 aromatic heterocycles. The molecule has 102 valence electrons. The predicted octanol–water partition coefficient (Wildman–Crippen LogP) is 1.22. The van der Waals surface area contributed by atoms with Crippen molar-refractivity contribution in [2.24, 2.45) is 0 Å². The van der Waals surface area contributed by atoms with Gasteiger partial charge in [0.1, 0.15) is 4.90 Å². The third kappa shape index (κ3) is 4.72. The Balaban J connectivity index is 2.52. The van der Waals surface area contributed by atoms with Crippen LogP contribution >= 0.6 is 0 Å². The summed E-state index contributed by atoms with van der Waals surface area (Å²) in [4.78, 5) is 4.10. The Hall–Kier alpha value is -0.980. The van der Waals surface area contributed by atoms with E-state index in [1.807, 2.05) is 6.92 Å². The molecule has 0 aromatic carbocycles. The molecule has 5 nitrogen and oxygen atoms in total. The van der Waals surface area contributed by atoms with Crippen LogP contribution in [0.4, 0.5) is 0 Å². The highest BCUT2D eigenvalue weighted by molar-refractivity contribution is 7.89. The number of aromatic nitrogens is 1. The molecule has 1 atom stereocenters. The Morgan fingerprint density at radius 2 is 2.11 bits per heavy atom. The van der Waals surface area contributed by atoms with Crippen LogP contribution in [0.3, 0.4) is 0 Å². The normalized spacial score (nSPS) is 13.5. The molecule has 1 unspecified atom stereocenters. The summed E-state index contributed by atoms with van der Waals surface area (Å²) in [6, 6.07) is 3.17. The van der Waals surface area contributed by atoms with Crippen LogP contribution in [0.5, 0.6) is 0 Å². The first-order chi connectivity index (χ1) is 8.45. The molecule has 0 fully saturated rings. The fraction of sp³-hybridized carbons (Fsp3) is 0.583. The zero-order chi connectivity index (χ0) is 13.6. The molecule has 0 saturated carbocycles. The highest BCUT2D eigenvalue weighted by Gasteiger charge is 2.14. The number of nitrogens with one attached hydrogen (secondary N) is 1. The van der Waals surface area contributed by atoms with Crippen LogP contribution in [-0.2, 0) is 10.0 Å². The molecule has 0 bridgehead atoms. The van der Waals surface area contributed by atoms with Gasteiger partial charge >= 0.3 is 0 Å². The summed E-state index contributed by atoms with van der Waals surface area (Å²) in [5.74, 6) is 0. The quantitative estimate of drug-likeness (QED) is 0.782. The molecule has 0 aliphatic heterocycles. The molecule has 0 spiro atoms. The topological polar surface area (TPSA) is 79.3 Å². The minimum absolute atomic E-state index is 0.151. The molecule has 0 amide bonds. The van der Waals surface area contributed by atoms with Crippen LogP contribution in [0.1, 0.15) is 31.9 Å². The number of aliphatic hydroxyl groups is 1. The van der Waals surface area contributed by atoms with E-state index in [9.17, 15) is 13.5 Å². The number of sulfonamides is 1. The average Bonchev–Trinajstić information content (AvgIpc) is 2.29. The van der Waals surface area contributed by atoms with E-state index in [2.05, 4.69) is 9.71 Å². The molecule has 18 heavy (non-hydrogen) atoms. The molecular formula is C12H20N2O3S. The Bertz CT molecular complexity index is 457. The van der Waals surface area contributed by atoms with Gasteiger partial charge in [0.15, 0.2) is 0 Å². The van der Waals surface area contributed by atoms with Crippen LogP contribution in [0, 0.1) is 6.92 Å². The van der Waals surface area contributed by atoms with E-state index in [1.54, 1.807) is 13.0 Å². The van der Waals surface area contributed by atoms with Crippen LogP contribution in [0.15, 0.2) is 23.2 Å². The first-order valence-corrected chi connectivity index (χ1v) is 7.54. The standard InChI is InChI=1S/C12H20N2O3S/c1-3-4-11(15)7-8-14-18(16,17)12-6-5-10(2)13-9-12/h5-6,9,11,14-15H,3-4,7-8H2,1-2H3. The van der Waals surface area contributed by atoms with Crippen molar-refractivity contribution < 1.29 is 13.5 Å². The van der Waals surface area contributed by atoms with E-state index in [0.29, 0.717) is 12.8 Å². The zero-order valence-electron chi connectivity index (χ0n) is 10.8. The van der Waals surface area contributed by atoms with Crippen molar-refractivity contribution in [1.82, 2.24) is 9.71 Å². The van der Waals surface area contributed by atoms with E-state index in [4.69, 9.17) is 0 Å². The van der Waals surface area contributed by atoms with Gasteiger partial charge in [0.05, 0.1) is 6.10 Å². The largest absolute Gasteiger partial charge is 0.393 e. The molecule has 0 aliphatic rings. The number of hydrogen-bond acceptors (Lipinski definition) is 4. The van der Waals surface area contributed by atoms with Crippen molar-refractivity contribution in [3.8, 4) is 0 Å². The minimum atomic E-state index is -3.51. The summed E-state index contributed by atoms with van der Waals surface area (Å²) >= 11 is 0. The molecular weight excluding hydrogens is 252 g/mol. The van der Waals surface area contributed by atoms with Crippen molar-refractivity contribution in [3.63, 3.8) is 0 Å². The Kier molecular flexibility index (Phi) is 5.71. The molecule has 0 saturated heterocycles. The maximum Gasteiger partial charge on any atom is 0.242 e. The molecule has 6 heteroatoms. The summed E-state index contributed by atoms with van der Waals surface area (Å²) in [7, 11) is -3.51. The van der Waals surface area contributed by atoms with Gasteiger partial charge in [0.2, 0.25) is 10.0 Å². The van der Waals surface area contributed by atoms with Gasteiger partial charge in [-0.3, -0.25) is 4.98 Å². The van der Waals surface area contributed by atoms with E-state index < -0.39 is 16.1 Å². The molecule has 0 radical (unpaired) electrons. The van der Waals surface area contributed by atoms with Crippen molar-refractivity contribution in [2.75, 3.05) is 6.54 Å². The number of aliphatic hydroxyl groups excluding tert-OH is 1. The van der Waals surface area contributed by atoms with Crippen LogP contribution in [-0.4, -0.2) is 31.2 Å². The monoisotopic (exact) mass is 272 g/mol. The van der Waals surface area contributed by atoms with E-state index in [-0.39, 0.29) is 11.4 Å². The van der Waals surface area contributed by atoms with E-state index in [1.165, 1.54) is 12.3 Å². The van der Waals surface area contributed by atoms with Gasteiger partial charge in [-0.05, 0) is 31.9 Å². The lowest BCUT2D eigenvalue weighted by atomic mass is 10.1. The second-order valence-electron chi connectivity index (χ2n) is 4.26. The summed E-state index contributed by atoms with van der Waals surface area (Å²) in [6.07, 6.45) is 2.88. The maximum absolute atomic E-state index is 11.9. The summed E-state index contributed by atoms with van der Waals surface area (Å²) in [5.41, 5.74) is 0.771. The third-order valence-electron chi connectivity index (χ3n) is 2.59. The zero-order valence-corrected chi connectivity index (χ0v) is 11.6. The van der Waals surface area contributed by atoms with Gasteiger partial charge in [0.25, 0.3) is 0 Å². The van der Waals surface area contributed by atoms with Gasteiger partial charge in [-0.1, -0.05) is 13.3 Å². The maximum atomic E-state index is 11.9. The molecule has 1 aromatic rings. The lowest BCUT2D eigenvalue weighted by Crippen LogP contribution is -2.27. The predicted molar refractivity (Wildman–Crippen MR) is 69.7 cm³/mol. The first-order valence-electron chi connectivity index (χ1n) is 6.06. The van der Waals surface area contributed by atoms with E-state index >= 15 is 0 Å². The number of pyridine rings is 1. The summed E-state index contributed by atoms with van der Waals surface area (Å²) in [6.45, 7) is 4.01. The molecule has 1 rings (SSSR count). The molecule has 2 N–H and O–H groups in total. The van der Waals surface area contributed by atoms with Gasteiger partial charge in [-0.25, -0.2) is 13.1 Å². The fourth-order valence-corrected chi connectivity index (χ4v) is 2.53. The number of aryl methyl sites for hydroxylation is 1. The van der Waals surface area contributed by atoms with E-state index in [0.717, 1.165) is 12.1 Å². The Morgan fingerprint density at radius 3 is 2.67 bits per heavy atom. The Morgan fingerprint density at radius 1 is 1.39 bits per heavy atom. The highest BCUT2D eigenvalue weighted by Crippen LogP contribution is 2.08. The second-order valence-corrected chi connectivity index (χ2v) is 6.03. The van der Waals surface area contributed by atoms with Gasteiger partial charge in [0, 0.05) is 18.4 Å². The fourth-order valence-electron chi connectivity index (χ4n) is 1.53. The second kappa shape index (κ2) is 6.82. The minimum Gasteiger partial charge on any atom is -0.393 e. The third-order valence-corrected chi connectivity index (χ3v) is 4.03. The van der Waals surface area contributed by atoms with Crippen molar-refractivity contribution in [1.29, 1.82) is 0 Å². The lowest BCUT2D eigenvalue weighted by Gasteiger charge is -2.10. The van der Waals surface area contributed by atoms with Crippen molar-refractivity contribution in [3.05, 3.63) is 24.0 Å². The molecule has 0 aliphatic carbocycles. The number of hydrogen-bond donors (Lipinski definition) is 2. The van der Waals surface area contributed by atoms with Crippen molar-refractivity contribution in [2.45, 2.75) is 44.1 Å². The smallest absolute Gasteiger partial charge is 0.242 e. The van der Waals surface area contributed by atoms with Crippen LogP contribution in [0.25, 0.3) is 0 Å². The Labute approximate surface area is 108 Å². The number of rotatable bonds is 7. The van der Waals surface area contributed by atoms with Crippen LogP contribution < -0.4 is 4.72 Å². The van der Waals surface area contributed by atoms with Crippen LogP contribution in [0.2, 0.25) is 0 Å². The van der Waals surface area contributed by atoms with Gasteiger partial charge in [-0.15, -0.1) is 0 Å². The average molecular weight is 272 g/mol. The lowest BCUT2D eigenvalue weighted by molar-refractivity contribution is 0.155. The first kappa shape index (κ1) is 15.1.